The Kier molecular flexibility index (Phi) is 5.38. The van der Waals surface area contributed by atoms with E-state index >= 15 is 0 Å². The third kappa shape index (κ3) is 4.00. The predicted molar refractivity (Wildman–Crippen MR) is 90.9 cm³/mol. The van der Waals surface area contributed by atoms with Gasteiger partial charge in [-0.15, -0.1) is 0 Å². The van der Waals surface area contributed by atoms with Gasteiger partial charge in [0.2, 0.25) is 0 Å². The zero-order valence-electron chi connectivity index (χ0n) is 12.9. The van der Waals surface area contributed by atoms with Gasteiger partial charge in [-0.1, -0.05) is 32.4 Å². The molecule has 1 aliphatic carbocycles. The summed E-state index contributed by atoms with van der Waals surface area (Å²) in [6, 6.07) is 2.82. The zero-order chi connectivity index (χ0) is 15.8. The van der Waals surface area contributed by atoms with Crippen LogP contribution >= 0.6 is 27.5 Å². The first-order valence-electron chi connectivity index (χ1n) is 7.60. The molecule has 1 aromatic carbocycles. The number of rotatable bonds is 2. The molecule has 1 aromatic rings. The van der Waals surface area contributed by atoms with Gasteiger partial charge in [-0.2, -0.15) is 0 Å². The van der Waals surface area contributed by atoms with Gasteiger partial charge in [-0.25, -0.2) is 4.39 Å². The molecule has 0 aliphatic heterocycles. The van der Waals surface area contributed by atoms with Crippen LogP contribution in [0.15, 0.2) is 16.6 Å². The minimum absolute atomic E-state index is 0.267. The number of nitrogens with two attached hydrogens (primary N) is 1. The van der Waals surface area contributed by atoms with E-state index in [-0.39, 0.29) is 11.9 Å². The SMILES string of the molecule is CC(C)(C)C1CCC(C(N)c2cc(Cl)c(Br)cc2F)CC1. The summed E-state index contributed by atoms with van der Waals surface area (Å²) in [5, 5.41) is 0.519. The molecule has 0 bridgehead atoms. The largest absolute Gasteiger partial charge is 0.324 e. The van der Waals surface area contributed by atoms with Gasteiger partial charge in [-0.3, -0.25) is 0 Å². The second-order valence-electron chi connectivity index (χ2n) is 7.29. The van der Waals surface area contributed by atoms with Crippen molar-refractivity contribution >= 4 is 27.5 Å². The van der Waals surface area contributed by atoms with Crippen LogP contribution in [0.3, 0.4) is 0 Å². The highest BCUT2D eigenvalue weighted by Gasteiger charge is 2.33. The lowest BCUT2D eigenvalue weighted by atomic mass is 9.68. The van der Waals surface area contributed by atoms with Gasteiger partial charge < -0.3 is 5.73 Å². The summed E-state index contributed by atoms with van der Waals surface area (Å²) in [4.78, 5) is 0. The van der Waals surface area contributed by atoms with Crippen molar-refractivity contribution in [1.82, 2.24) is 0 Å². The van der Waals surface area contributed by atoms with Crippen molar-refractivity contribution in [3.8, 4) is 0 Å². The van der Waals surface area contributed by atoms with Gasteiger partial charge in [0.05, 0.1) is 5.02 Å². The number of hydrogen-bond donors (Lipinski definition) is 1. The molecule has 0 radical (unpaired) electrons. The Morgan fingerprint density at radius 1 is 1.24 bits per heavy atom. The molecule has 4 heteroatoms. The first kappa shape index (κ1) is 17.2. The van der Waals surface area contributed by atoms with Crippen LogP contribution in [-0.2, 0) is 0 Å². The van der Waals surface area contributed by atoms with Gasteiger partial charge in [0.25, 0.3) is 0 Å². The van der Waals surface area contributed by atoms with Gasteiger partial charge in [-0.05, 0) is 71.0 Å². The molecule has 1 saturated carbocycles. The average molecular weight is 377 g/mol. The molecule has 0 spiro atoms. The number of halogens is 3. The van der Waals surface area contributed by atoms with Gasteiger partial charge in [0, 0.05) is 16.1 Å². The van der Waals surface area contributed by atoms with Crippen molar-refractivity contribution in [2.24, 2.45) is 23.0 Å². The van der Waals surface area contributed by atoms with E-state index in [0.717, 1.165) is 18.8 Å². The van der Waals surface area contributed by atoms with Crippen LogP contribution < -0.4 is 5.73 Å². The van der Waals surface area contributed by atoms with E-state index < -0.39 is 0 Å². The highest BCUT2D eigenvalue weighted by Crippen LogP contribution is 2.43. The zero-order valence-corrected chi connectivity index (χ0v) is 15.3. The molecule has 21 heavy (non-hydrogen) atoms. The van der Waals surface area contributed by atoms with E-state index in [1.807, 2.05) is 0 Å². The Morgan fingerprint density at radius 3 is 2.33 bits per heavy atom. The fraction of sp³-hybridized carbons (Fsp3) is 0.647. The Labute approximate surface area is 140 Å². The lowest BCUT2D eigenvalue weighted by Gasteiger charge is -2.38. The summed E-state index contributed by atoms with van der Waals surface area (Å²) < 4.78 is 14.7. The first-order valence-corrected chi connectivity index (χ1v) is 8.77. The molecule has 2 rings (SSSR count). The van der Waals surface area contributed by atoms with E-state index in [9.17, 15) is 4.39 Å². The normalized spacial score (nSPS) is 24.9. The molecule has 1 atom stereocenters. The molecule has 0 aromatic heterocycles. The fourth-order valence-electron chi connectivity index (χ4n) is 3.39. The van der Waals surface area contributed by atoms with Crippen LogP contribution in [0.25, 0.3) is 0 Å². The molecule has 1 aliphatic rings. The van der Waals surface area contributed by atoms with Crippen molar-refractivity contribution in [3.05, 3.63) is 33.0 Å². The summed E-state index contributed by atoms with van der Waals surface area (Å²) in [6.07, 6.45) is 4.48. The molecular weight excluding hydrogens is 353 g/mol. The molecule has 1 unspecified atom stereocenters. The quantitative estimate of drug-likeness (QED) is 0.621. The van der Waals surface area contributed by atoms with E-state index in [1.165, 1.54) is 18.9 Å². The first-order chi connectivity index (χ1) is 9.70. The average Bonchev–Trinajstić information content (AvgIpc) is 2.41. The summed E-state index contributed by atoms with van der Waals surface area (Å²) >= 11 is 9.32. The topological polar surface area (TPSA) is 26.0 Å². The fourth-order valence-corrected chi connectivity index (χ4v) is 3.88. The van der Waals surface area contributed by atoms with E-state index in [0.29, 0.717) is 26.4 Å². The van der Waals surface area contributed by atoms with Crippen LogP contribution in [-0.4, -0.2) is 0 Å². The smallest absolute Gasteiger partial charge is 0.129 e. The Bertz CT molecular complexity index is 504. The summed E-state index contributed by atoms with van der Waals surface area (Å²) in [5.41, 5.74) is 7.22. The lowest BCUT2D eigenvalue weighted by molar-refractivity contribution is 0.139. The summed E-state index contributed by atoms with van der Waals surface area (Å²) in [7, 11) is 0. The minimum atomic E-state index is -0.267. The second kappa shape index (κ2) is 6.55. The predicted octanol–water partition coefficient (Wildman–Crippen LogP) is 6.09. The maximum absolute atomic E-state index is 14.1. The maximum Gasteiger partial charge on any atom is 0.129 e. The van der Waals surface area contributed by atoms with E-state index in [4.69, 9.17) is 17.3 Å². The molecule has 0 heterocycles. The summed E-state index contributed by atoms with van der Waals surface area (Å²) in [5.74, 6) is 0.811. The van der Waals surface area contributed by atoms with Gasteiger partial charge >= 0.3 is 0 Å². The van der Waals surface area contributed by atoms with Crippen molar-refractivity contribution in [2.45, 2.75) is 52.5 Å². The van der Waals surface area contributed by atoms with E-state index in [2.05, 4.69) is 36.7 Å². The highest BCUT2D eigenvalue weighted by atomic mass is 79.9. The number of benzene rings is 1. The monoisotopic (exact) mass is 375 g/mol. The lowest BCUT2D eigenvalue weighted by Crippen LogP contribution is -2.31. The van der Waals surface area contributed by atoms with Crippen LogP contribution in [0.5, 0.6) is 0 Å². The molecule has 2 N–H and O–H groups in total. The minimum Gasteiger partial charge on any atom is -0.324 e. The maximum atomic E-state index is 14.1. The van der Waals surface area contributed by atoms with Crippen LogP contribution in [0.4, 0.5) is 4.39 Å². The van der Waals surface area contributed by atoms with Crippen LogP contribution in [0.1, 0.15) is 58.1 Å². The van der Waals surface area contributed by atoms with E-state index in [1.54, 1.807) is 6.07 Å². The molecule has 0 amide bonds. The van der Waals surface area contributed by atoms with Gasteiger partial charge in [0.15, 0.2) is 0 Å². The van der Waals surface area contributed by atoms with Gasteiger partial charge in [0.1, 0.15) is 5.82 Å². The molecule has 1 nitrogen and oxygen atoms in total. The third-order valence-electron chi connectivity index (χ3n) is 4.90. The molecule has 0 saturated heterocycles. The summed E-state index contributed by atoms with van der Waals surface area (Å²) in [6.45, 7) is 6.89. The molecule has 118 valence electrons. The van der Waals surface area contributed by atoms with Crippen molar-refractivity contribution < 1.29 is 4.39 Å². The number of hydrogen-bond acceptors (Lipinski definition) is 1. The Hall–Kier alpha value is -0.120. The highest BCUT2D eigenvalue weighted by molar-refractivity contribution is 9.10. The van der Waals surface area contributed by atoms with Crippen molar-refractivity contribution in [1.29, 1.82) is 0 Å². The Morgan fingerprint density at radius 2 is 1.81 bits per heavy atom. The molecule has 1 fully saturated rings. The van der Waals surface area contributed by atoms with Crippen molar-refractivity contribution in [3.63, 3.8) is 0 Å². The molecular formula is C17H24BrClFN. The van der Waals surface area contributed by atoms with Crippen LogP contribution in [0.2, 0.25) is 5.02 Å². The van der Waals surface area contributed by atoms with Crippen molar-refractivity contribution in [2.75, 3.05) is 0 Å². The van der Waals surface area contributed by atoms with Crippen LogP contribution in [0, 0.1) is 23.1 Å². The standard InChI is InChI=1S/C17H24BrClFN/c1-17(2,3)11-6-4-10(5-7-11)16(21)12-8-14(19)13(18)9-15(12)20/h8-11,16H,4-7,21H2,1-3H3. The Balaban J connectivity index is 2.09. The third-order valence-corrected chi connectivity index (χ3v) is 6.10. The second-order valence-corrected chi connectivity index (χ2v) is 8.55.